The predicted octanol–water partition coefficient (Wildman–Crippen LogP) is 1.78. The van der Waals surface area contributed by atoms with E-state index in [1.807, 2.05) is 6.92 Å². The SMILES string of the molecule is CCS(=O)(=O)N1CCc2cc(C(=O)COC(=O)C3CC3C)ccc21. The van der Waals surface area contributed by atoms with Crippen molar-refractivity contribution in [2.75, 3.05) is 23.2 Å². The molecule has 2 unspecified atom stereocenters. The van der Waals surface area contributed by atoms with Crippen molar-refractivity contribution in [1.29, 1.82) is 0 Å². The third-order valence-corrected chi connectivity index (χ3v) is 6.49. The number of Topliss-reactive ketones (excluding diaryl/α,β-unsaturated/α-hetero) is 1. The summed E-state index contributed by atoms with van der Waals surface area (Å²) < 4.78 is 30.6. The number of hydrogen-bond donors (Lipinski definition) is 0. The quantitative estimate of drug-likeness (QED) is 0.576. The highest BCUT2D eigenvalue weighted by atomic mass is 32.2. The molecular weight excluding hydrogens is 330 g/mol. The minimum absolute atomic E-state index is 0.0443. The first-order chi connectivity index (χ1) is 11.3. The number of anilines is 1. The minimum atomic E-state index is -3.29. The van der Waals surface area contributed by atoms with E-state index in [0.29, 0.717) is 30.1 Å². The molecule has 1 aliphatic heterocycles. The molecule has 0 spiro atoms. The van der Waals surface area contributed by atoms with E-state index in [4.69, 9.17) is 4.74 Å². The Labute approximate surface area is 141 Å². The molecule has 6 nitrogen and oxygen atoms in total. The highest BCUT2D eigenvalue weighted by molar-refractivity contribution is 7.92. The molecule has 1 fully saturated rings. The Morgan fingerprint density at radius 3 is 2.67 bits per heavy atom. The molecule has 2 atom stereocenters. The van der Waals surface area contributed by atoms with Gasteiger partial charge in [-0.05, 0) is 49.4 Å². The van der Waals surface area contributed by atoms with Crippen molar-refractivity contribution in [2.45, 2.75) is 26.7 Å². The Morgan fingerprint density at radius 2 is 2.04 bits per heavy atom. The van der Waals surface area contributed by atoms with Gasteiger partial charge in [-0.25, -0.2) is 8.42 Å². The van der Waals surface area contributed by atoms with Crippen molar-refractivity contribution in [3.05, 3.63) is 29.3 Å². The van der Waals surface area contributed by atoms with Crippen molar-refractivity contribution < 1.29 is 22.7 Å². The highest BCUT2D eigenvalue weighted by Gasteiger charge is 2.40. The van der Waals surface area contributed by atoms with Crippen molar-refractivity contribution in [3.63, 3.8) is 0 Å². The maximum atomic E-state index is 12.2. The van der Waals surface area contributed by atoms with Gasteiger partial charge in [0.25, 0.3) is 0 Å². The van der Waals surface area contributed by atoms with Gasteiger partial charge in [0.15, 0.2) is 12.4 Å². The molecule has 130 valence electrons. The molecule has 1 aliphatic carbocycles. The predicted molar refractivity (Wildman–Crippen MR) is 89.5 cm³/mol. The first-order valence-electron chi connectivity index (χ1n) is 8.16. The molecule has 1 heterocycles. The molecular formula is C17H21NO5S. The Kier molecular flexibility index (Phi) is 4.38. The fraction of sp³-hybridized carbons (Fsp3) is 0.529. The Bertz CT molecular complexity index is 786. The lowest BCUT2D eigenvalue weighted by Crippen LogP contribution is -2.30. The fourth-order valence-corrected chi connectivity index (χ4v) is 4.13. The Hall–Kier alpha value is -1.89. The van der Waals surface area contributed by atoms with E-state index in [2.05, 4.69) is 0 Å². The van der Waals surface area contributed by atoms with Crippen LogP contribution in [0.4, 0.5) is 5.69 Å². The number of ether oxygens (including phenoxy) is 1. The Balaban J connectivity index is 1.68. The molecule has 2 aliphatic rings. The van der Waals surface area contributed by atoms with Gasteiger partial charge in [-0.15, -0.1) is 0 Å². The lowest BCUT2D eigenvalue weighted by Gasteiger charge is -2.18. The van der Waals surface area contributed by atoms with Gasteiger partial charge in [0.2, 0.25) is 10.0 Å². The lowest BCUT2D eigenvalue weighted by molar-refractivity contribution is -0.144. The van der Waals surface area contributed by atoms with E-state index in [-0.39, 0.29) is 30.0 Å². The van der Waals surface area contributed by atoms with Crippen LogP contribution < -0.4 is 4.31 Å². The second-order valence-electron chi connectivity index (χ2n) is 6.42. The zero-order valence-corrected chi connectivity index (χ0v) is 14.6. The van der Waals surface area contributed by atoms with Crippen LogP contribution in [0.5, 0.6) is 0 Å². The molecule has 0 amide bonds. The third kappa shape index (κ3) is 3.17. The zero-order valence-electron chi connectivity index (χ0n) is 13.8. The zero-order chi connectivity index (χ0) is 17.5. The standard InChI is InChI=1S/C17H21NO5S/c1-3-24(21,22)18-7-6-12-9-13(4-5-15(12)18)16(19)10-23-17(20)14-8-11(14)2/h4-5,9,11,14H,3,6-8,10H2,1-2H3. The number of sulfonamides is 1. The molecule has 1 aromatic carbocycles. The molecule has 0 saturated heterocycles. The van der Waals surface area contributed by atoms with Crippen molar-refractivity contribution >= 4 is 27.5 Å². The largest absolute Gasteiger partial charge is 0.457 e. The molecule has 0 radical (unpaired) electrons. The van der Waals surface area contributed by atoms with Crippen LogP contribution in [0.1, 0.15) is 36.2 Å². The van der Waals surface area contributed by atoms with Gasteiger partial charge >= 0.3 is 5.97 Å². The first-order valence-corrected chi connectivity index (χ1v) is 9.77. The van der Waals surface area contributed by atoms with E-state index < -0.39 is 10.0 Å². The van der Waals surface area contributed by atoms with Crippen LogP contribution in [-0.2, 0) is 26.0 Å². The molecule has 7 heteroatoms. The molecule has 3 rings (SSSR count). The number of ketones is 1. The molecule has 0 N–H and O–H groups in total. The summed E-state index contributed by atoms with van der Waals surface area (Å²) in [5, 5.41) is 0. The molecule has 1 aromatic rings. The normalized spacial score (nSPS) is 22.2. The average molecular weight is 351 g/mol. The maximum Gasteiger partial charge on any atom is 0.309 e. The van der Waals surface area contributed by atoms with E-state index in [0.717, 1.165) is 12.0 Å². The van der Waals surface area contributed by atoms with Gasteiger partial charge < -0.3 is 4.74 Å². The van der Waals surface area contributed by atoms with Crippen molar-refractivity contribution in [3.8, 4) is 0 Å². The van der Waals surface area contributed by atoms with Crippen LogP contribution in [0.2, 0.25) is 0 Å². The molecule has 1 saturated carbocycles. The number of carbonyl (C=O) groups is 2. The number of nitrogens with zero attached hydrogens (tertiary/aromatic N) is 1. The number of esters is 1. The van der Waals surface area contributed by atoms with Gasteiger partial charge in [-0.2, -0.15) is 0 Å². The van der Waals surface area contributed by atoms with Gasteiger partial charge in [0.05, 0.1) is 17.4 Å². The highest BCUT2D eigenvalue weighted by Crippen LogP contribution is 2.38. The molecule has 24 heavy (non-hydrogen) atoms. The molecule has 0 aromatic heterocycles. The second kappa shape index (κ2) is 6.20. The fourth-order valence-electron chi connectivity index (χ4n) is 2.97. The van der Waals surface area contributed by atoms with Gasteiger partial charge in [-0.3, -0.25) is 13.9 Å². The maximum absolute atomic E-state index is 12.2. The second-order valence-corrected chi connectivity index (χ2v) is 8.60. The summed E-state index contributed by atoms with van der Waals surface area (Å²) >= 11 is 0. The summed E-state index contributed by atoms with van der Waals surface area (Å²) in [5.74, 6) is -0.249. The van der Waals surface area contributed by atoms with Crippen LogP contribution in [0.25, 0.3) is 0 Å². The van der Waals surface area contributed by atoms with Crippen molar-refractivity contribution in [1.82, 2.24) is 0 Å². The molecule has 0 bridgehead atoms. The summed E-state index contributed by atoms with van der Waals surface area (Å²) in [6.45, 7) is 3.72. The summed E-state index contributed by atoms with van der Waals surface area (Å²) in [6, 6.07) is 4.96. The summed E-state index contributed by atoms with van der Waals surface area (Å²) in [6.07, 6.45) is 1.41. The van der Waals surface area contributed by atoms with E-state index >= 15 is 0 Å². The Morgan fingerprint density at radius 1 is 1.33 bits per heavy atom. The van der Waals surface area contributed by atoms with E-state index in [9.17, 15) is 18.0 Å². The van der Waals surface area contributed by atoms with Crippen LogP contribution >= 0.6 is 0 Å². The summed E-state index contributed by atoms with van der Waals surface area (Å²) in [4.78, 5) is 23.9. The van der Waals surface area contributed by atoms with E-state index in [1.165, 1.54) is 4.31 Å². The van der Waals surface area contributed by atoms with Gasteiger partial charge in [-0.1, -0.05) is 6.92 Å². The topological polar surface area (TPSA) is 80.8 Å². The van der Waals surface area contributed by atoms with Gasteiger partial charge in [0.1, 0.15) is 0 Å². The monoisotopic (exact) mass is 351 g/mol. The van der Waals surface area contributed by atoms with E-state index in [1.54, 1.807) is 25.1 Å². The third-order valence-electron chi connectivity index (χ3n) is 4.71. The summed E-state index contributed by atoms with van der Waals surface area (Å²) in [7, 11) is -3.29. The van der Waals surface area contributed by atoms with Gasteiger partial charge in [0, 0.05) is 12.1 Å². The smallest absolute Gasteiger partial charge is 0.309 e. The van der Waals surface area contributed by atoms with Crippen molar-refractivity contribution in [2.24, 2.45) is 11.8 Å². The van der Waals surface area contributed by atoms with Crippen LogP contribution in [0.15, 0.2) is 18.2 Å². The minimum Gasteiger partial charge on any atom is -0.457 e. The lowest BCUT2D eigenvalue weighted by atomic mass is 10.1. The number of carbonyl (C=O) groups excluding carboxylic acids is 2. The number of fused-ring (bicyclic) bond motifs is 1. The number of benzene rings is 1. The average Bonchev–Trinajstić information content (AvgIpc) is 3.14. The van der Waals surface area contributed by atoms with Crippen LogP contribution in [-0.4, -0.2) is 39.1 Å². The first kappa shape index (κ1) is 17.0. The summed E-state index contributed by atoms with van der Waals surface area (Å²) in [5.41, 5.74) is 1.92. The van der Waals surface area contributed by atoms with Crippen LogP contribution in [0.3, 0.4) is 0 Å². The number of hydrogen-bond acceptors (Lipinski definition) is 5. The van der Waals surface area contributed by atoms with Crippen LogP contribution in [0, 0.1) is 11.8 Å². The number of rotatable bonds is 6.